The number of nitrogens with zero attached hydrogens (tertiary/aromatic N) is 1. The standard InChI is InChI=1S/C11H18N4O2S/c1-13-10(16)9-7(12)8(17-2)11(18-9)15-5-3-14-4-6-15/h14H,3-6,12H2,1-2H3,(H,13,16). The molecule has 0 radical (unpaired) electrons. The molecule has 18 heavy (non-hydrogen) atoms. The number of carbonyl (C=O) groups excluding carboxylic acids is 1. The highest BCUT2D eigenvalue weighted by atomic mass is 32.1. The minimum Gasteiger partial charge on any atom is -0.492 e. The Hall–Kier alpha value is -1.47. The van der Waals surface area contributed by atoms with Crippen LogP contribution >= 0.6 is 11.3 Å². The number of piperazine rings is 1. The van der Waals surface area contributed by atoms with Crippen LogP contribution < -0.4 is 26.0 Å². The second-order valence-corrected chi connectivity index (χ2v) is 5.00. The van der Waals surface area contributed by atoms with Gasteiger partial charge < -0.3 is 26.0 Å². The van der Waals surface area contributed by atoms with Gasteiger partial charge in [0, 0.05) is 33.2 Å². The van der Waals surface area contributed by atoms with E-state index in [1.165, 1.54) is 11.3 Å². The molecule has 1 fully saturated rings. The Morgan fingerprint density at radius 2 is 2.17 bits per heavy atom. The van der Waals surface area contributed by atoms with E-state index >= 15 is 0 Å². The second kappa shape index (κ2) is 5.45. The molecule has 0 atom stereocenters. The van der Waals surface area contributed by atoms with E-state index in [1.54, 1.807) is 14.2 Å². The first-order valence-corrected chi connectivity index (χ1v) is 6.64. The molecule has 1 aromatic rings. The Kier molecular flexibility index (Phi) is 3.93. The molecule has 1 aliphatic heterocycles. The molecule has 100 valence electrons. The number of nitrogen functional groups attached to an aromatic ring is 1. The van der Waals surface area contributed by atoms with Crippen LogP contribution in [0.25, 0.3) is 0 Å². The highest BCUT2D eigenvalue weighted by Gasteiger charge is 2.25. The van der Waals surface area contributed by atoms with Gasteiger partial charge in [0.05, 0.1) is 7.11 Å². The molecule has 1 aliphatic rings. The summed E-state index contributed by atoms with van der Waals surface area (Å²) in [4.78, 5) is 14.4. The van der Waals surface area contributed by atoms with Crippen LogP contribution in [0.3, 0.4) is 0 Å². The monoisotopic (exact) mass is 270 g/mol. The van der Waals surface area contributed by atoms with E-state index in [2.05, 4.69) is 15.5 Å². The van der Waals surface area contributed by atoms with Gasteiger partial charge in [-0.25, -0.2) is 0 Å². The molecule has 2 rings (SSSR count). The minimum atomic E-state index is -0.169. The number of nitrogens with one attached hydrogen (secondary N) is 2. The van der Waals surface area contributed by atoms with Crippen molar-refractivity contribution in [2.75, 3.05) is 51.0 Å². The van der Waals surface area contributed by atoms with Crippen LogP contribution in [0.5, 0.6) is 5.75 Å². The van der Waals surface area contributed by atoms with E-state index in [4.69, 9.17) is 10.5 Å². The summed E-state index contributed by atoms with van der Waals surface area (Å²) in [5.41, 5.74) is 6.41. The Morgan fingerprint density at radius 1 is 1.50 bits per heavy atom. The van der Waals surface area contributed by atoms with Crippen LogP contribution in [0.4, 0.5) is 10.7 Å². The van der Waals surface area contributed by atoms with Gasteiger partial charge in [0.2, 0.25) is 0 Å². The van der Waals surface area contributed by atoms with Gasteiger partial charge in [-0.3, -0.25) is 4.79 Å². The number of hydrogen-bond acceptors (Lipinski definition) is 6. The number of methoxy groups -OCH3 is 1. The molecule has 0 aliphatic carbocycles. The fourth-order valence-corrected chi connectivity index (χ4v) is 3.16. The Bertz CT molecular complexity index is 440. The molecule has 7 heteroatoms. The normalized spacial score (nSPS) is 15.6. The van der Waals surface area contributed by atoms with Crippen LogP contribution in [0.1, 0.15) is 9.67 Å². The van der Waals surface area contributed by atoms with E-state index in [9.17, 15) is 4.79 Å². The fraction of sp³-hybridized carbons (Fsp3) is 0.545. The van der Waals surface area contributed by atoms with Gasteiger partial charge >= 0.3 is 0 Å². The van der Waals surface area contributed by atoms with Crippen molar-refractivity contribution in [2.45, 2.75) is 0 Å². The highest BCUT2D eigenvalue weighted by Crippen LogP contribution is 2.44. The zero-order chi connectivity index (χ0) is 13.1. The predicted molar refractivity (Wildman–Crippen MR) is 73.8 cm³/mol. The van der Waals surface area contributed by atoms with Gasteiger partial charge in [-0.05, 0) is 0 Å². The maximum atomic E-state index is 11.7. The molecule has 0 aromatic carbocycles. The summed E-state index contributed by atoms with van der Waals surface area (Å²) in [6, 6.07) is 0. The number of nitrogens with two attached hydrogens (primary N) is 1. The van der Waals surface area contributed by atoms with Crippen molar-refractivity contribution >= 4 is 27.9 Å². The number of carbonyl (C=O) groups is 1. The third-order valence-corrected chi connectivity index (χ3v) is 4.17. The number of anilines is 2. The van der Waals surface area contributed by atoms with E-state index in [0.29, 0.717) is 16.3 Å². The minimum absolute atomic E-state index is 0.169. The number of hydrogen-bond donors (Lipinski definition) is 3. The number of thiophene rings is 1. The van der Waals surface area contributed by atoms with Gasteiger partial charge in [0.15, 0.2) is 5.75 Å². The summed E-state index contributed by atoms with van der Waals surface area (Å²) in [6.07, 6.45) is 0. The number of amides is 1. The lowest BCUT2D eigenvalue weighted by molar-refractivity contribution is 0.0967. The average Bonchev–Trinajstić information content (AvgIpc) is 2.76. The molecule has 1 saturated heterocycles. The first-order valence-electron chi connectivity index (χ1n) is 5.83. The fourth-order valence-electron chi connectivity index (χ4n) is 1.97. The summed E-state index contributed by atoms with van der Waals surface area (Å²) in [5.74, 6) is 0.442. The summed E-state index contributed by atoms with van der Waals surface area (Å²) >= 11 is 1.39. The van der Waals surface area contributed by atoms with Crippen molar-refractivity contribution in [2.24, 2.45) is 0 Å². The van der Waals surface area contributed by atoms with Crippen molar-refractivity contribution in [3.63, 3.8) is 0 Å². The molecule has 0 saturated carbocycles. The molecule has 6 nitrogen and oxygen atoms in total. The lowest BCUT2D eigenvalue weighted by Crippen LogP contribution is -2.43. The summed E-state index contributed by atoms with van der Waals surface area (Å²) in [7, 11) is 3.18. The van der Waals surface area contributed by atoms with Crippen molar-refractivity contribution in [3.05, 3.63) is 4.88 Å². The molecular formula is C11H18N4O2S. The molecule has 1 aromatic heterocycles. The molecule has 2 heterocycles. The zero-order valence-corrected chi connectivity index (χ0v) is 11.4. The largest absolute Gasteiger partial charge is 0.492 e. The topological polar surface area (TPSA) is 79.6 Å². The maximum Gasteiger partial charge on any atom is 0.263 e. The van der Waals surface area contributed by atoms with Crippen molar-refractivity contribution < 1.29 is 9.53 Å². The highest BCUT2D eigenvalue weighted by molar-refractivity contribution is 7.19. The van der Waals surface area contributed by atoms with Gasteiger partial charge in [-0.15, -0.1) is 11.3 Å². The second-order valence-electron chi connectivity index (χ2n) is 4.00. The number of ether oxygens (including phenoxy) is 1. The van der Waals surface area contributed by atoms with Gasteiger partial charge in [0.1, 0.15) is 15.6 Å². The molecule has 1 amide bonds. The Labute approximate surface area is 110 Å². The van der Waals surface area contributed by atoms with Gasteiger partial charge in [0.25, 0.3) is 5.91 Å². The summed E-state index contributed by atoms with van der Waals surface area (Å²) < 4.78 is 5.35. The zero-order valence-electron chi connectivity index (χ0n) is 10.6. The molecule has 0 bridgehead atoms. The lowest BCUT2D eigenvalue weighted by atomic mass is 10.3. The van der Waals surface area contributed by atoms with Gasteiger partial charge in [-0.2, -0.15) is 0 Å². The Balaban J connectivity index is 2.36. The quantitative estimate of drug-likeness (QED) is 0.726. The lowest BCUT2D eigenvalue weighted by Gasteiger charge is -2.28. The van der Waals surface area contributed by atoms with Crippen LogP contribution in [-0.4, -0.2) is 46.2 Å². The number of rotatable bonds is 3. The summed E-state index contributed by atoms with van der Waals surface area (Å²) in [6.45, 7) is 3.64. The van der Waals surface area contributed by atoms with Crippen LogP contribution in [0, 0.1) is 0 Å². The first kappa shape index (κ1) is 13.0. The molecule has 4 N–H and O–H groups in total. The van der Waals surface area contributed by atoms with E-state index in [0.717, 1.165) is 31.2 Å². The van der Waals surface area contributed by atoms with Crippen molar-refractivity contribution in [1.29, 1.82) is 0 Å². The van der Waals surface area contributed by atoms with Crippen LogP contribution in [-0.2, 0) is 0 Å². The molecular weight excluding hydrogens is 252 g/mol. The Morgan fingerprint density at radius 3 is 2.72 bits per heavy atom. The predicted octanol–water partition coefficient (Wildman–Crippen LogP) is 0.108. The average molecular weight is 270 g/mol. The van der Waals surface area contributed by atoms with Crippen molar-refractivity contribution in [1.82, 2.24) is 10.6 Å². The molecule has 0 spiro atoms. The smallest absolute Gasteiger partial charge is 0.263 e. The third kappa shape index (κ3) is 2.23. The summed E-state index contributed by atoms with van der Waals surface area (Å²) in [5, 5.41) is 6.82. The molecule has 0 unspecified atom stereocenters. The first-order chi connectivity index (χ1) is 8.69. The van der Waals surface area contributed by atoms with Crippen molar-refractivity contribution in [3.8, 4) is 5.75 Å². The van der Waals surface area contributed by atoms with Gasteiger partial charge in [-0.1, -0.05) is 0 Å². The van der Waals surface area contributed by atoms with E-state index in [1.807, 2.05) is 0 Å². The van der Waals surface area contributed by atoms with Crippen LogP contribution in [0.15, 0.2) is 0 Å². The van der Waals surface area contributed by atoms with E-state index in [-0.39, 0.29) is 5.91 Å². The van der Waals surface area contributed by atoms with E-state index < -0.39 is 0 Å². The maximum absolute atomic E-state index is 11.7. The SMILES string of the molecule is CNC(=O)c1sc(N2CCNCC2)c(OC)c1N. The third-order valence-electron chi connectivity index (χ3n) is 2.92. The van der Waals surface area contributed by atoms with Crippen LogP contribution in [0.2, 0.25) is 0 Å².